The highest BCUT2D eigenvalue weighted by molar-refractivity contribution is 5.17. The largest absolute Gasteiger partial charge is 0.316 e. The quantitative estimate of drug-likeness (QED) is 0.525. The summed E-state index contributed by atoms with van der Waals surface area (Å²) in [5, 5.41) is 3.41. The molecule has 0 fully saturated rings. The van der Waals surface area contributed by atoms with Crippen LogP contribution in [0.15, 0.2) is 24.3 Å². The highest BCUT2D eigenvalue weighted by Gasteiger charge is 1.99. The Kier molecular flexibility index (Phi) is 10.2. The molecule has 0 aliphatic rings. The van der Waals surface area contributed by atoms with Gasteiger partial charge in [-0.05, 0) is 37.6 Å². The van der Waals surface area contributed by atoms with Gasteiger partial charge in [0, 0.05) is 0 Å². The highest BCUT2D eigenvalue weighted by Crippen LogP contribution is 2.08. The molecule has 0 amide bonds. The van der Waals surface area contributed by atoms with E-state index in [1.807, 2.05) is 12.1 Å². The zero-order valence-corrected chi connectivity index (χ0v) is 13.0. The number of benzene rings is 1. The van der Waals surface area contributed by atoms with Gasteiger partial charge in [-0.1, -0.05) is 70.1 Å². The third-order valence-corrected chi connectivity index (χ3v) is 3.74. The molecule has 1 aromatic carbocycles. The van der Waals surface area contributed by atoms with Crippen LogP contribution in [-0.2, 0) is 6.42 Å². The first-order valence-electron chi connectivity index (χ1n) is 8.28. The molecule has 0 aliphatic carbocycles. The fourth-order valence-electron chi connectivity index (χ4n) is 2.43. The molecule has 1 rings (SSSR count). The fraction of sp³-hybridized carbons (Fsp3) is 0.667. The standard InChI is InChI=1S/C18H30FN/c1-2-3-4-5-6-7-8-11-15-20-16-14-17-12-9-10-13-18(17)19/h9-10,12-13,20H,2-8,11,14-16H2,1H3. The topological polar surface area (TPSA) is 12.0 Å². The molecule has 0 radical (unpaired) electrons. The smallest absolute Gasteiger partial charge is 0.126 e. The van der Waals surface area contributed by atoms with E-state index in [0.29, 0.717) is 0 Å². The van der Waals surface area contributed by atoms with Crippen molar-refractivity contribution in [1.29, 1.82) is 0 Å². The second kappa shape index (κ2) is 11.9. The molecule has 0 aromatic heterocycles. The van der Waals surface area contributed by atoms with Gasteiger partial charge in [-0.2, -0.15) is 0 Å². The first-order chi connectivity index (χ1) is 9.84. The number of rotatable bonds is 12. The minimum Gasteiger partial charge on any atom is -0.316 e. The average Bonchev–Trinajstić information content (AvgIpc) is 2.46. The van der Waals surface area contributed by atoms with Crippen molar-refractivity contribution in [2.24, 2.45) is 0 Å². The molecule has 2 heteroatoms. The SMILES string of the molecule is CCCCCCCCCCNCCc1ccccc1F. The van der Waals surface area contributed by atoms with Gasteiger partial charge in [0.05, 0.1) is 0 Å². The van der Waals surface area contributed by atoms with Crippen molar-refractivity contribution in [2.75, 3.05) is 13.1 Å². The summed E-state index contributed by atoms with van der Waals surface area (Å²) in [5.41, 5.74) is 0.816. The van der Waals surface area contributed by atoms with E-state index < -0.39 is 0 Å². The number of hydrogen-bond acceptors (Lipinski definition) is 1. The van der Waals surface area contributed by atoms with Crippen molar-refractivity contribution in [3.8, 4) is 0 Å². The van der Waals surface area contributed by atoms with Crippen molar-refractivity contribution >= 4 is 0 Å². The molecule has 0 unspecified atom stereocenters. The van der Waals surface area contributed by atoms with Crippen LogP contribution >= 0.6 is 0 Å². The van der Waals surface area contributed by atoms with Gasteiger partial charge in [0.2, 0.25) is 0 Å². The van der Waals surface area contributed by atoms with Gasteiger partial charge in [0.1, 0.15) is 5.82 Å². The summed E-state index contributed by atoms with van der Waals surface area (Å²) in [6.07, 6.45) is 11.6. The molecule has 0 saturated heterocycles. The Morgan fingerprint density at radius 1 is 0.850 bits per heavy atom. The van der Waals surface area contributed by atoms with Gasteiger partial charge in [-0.3, -0.25) is 0 Å². The molecular formula is C18H30FN. The van der Waals surface area contributed by atoms with E-state index in [2.05, 4.69) is 12.2 Å². The first kappa shape index (κ1) is 17.2. The van der Waals surface area contributed by atoms with Gasteiger partial charge in [-0.25, -0.2) is 4.39 Å². The Labute approximate surface area is 124 Å². The van der Waals surface area contributed by atoms with Gasteiger partial charge in [0.15, 0.2) is 0 Å². The predicted octanol–water partition coefficient (Wildman–Crippen LogP) is 5.10. The average molecular weight is 279 g/mol. The van der Waals surface area contributed by atoms with E-state index in [9.17, 15) is 4.39 Å². The Morgan fingerprint density at radius 3 is 2.20 bits per heavy atom. The van der Waals surface area contributed by atoms with Crippen LogP contribution in [0.1, 0.15) is 63.9 Å². The van der Waals surface area contributed by atoms with Crippen molar-refractivity contribution in [3.05, 3.63) is 35.6 Å². The summed E-state index contributed by atoms with van der Waals surface area (Å²) in [6.45, 7) is 4.19. The molecule has 0 spiro atoms. The lowest BCUT2D eigenvalue weighted by Gasteiger charge is -2.06. The van der Waals surface area contributed by atoms with Crippen LogP contribution in [0.25, 0.3) is 0 Å². The lowest BCUT2D eigenvalue weighted by molar-refractivity contribution is 0.552. The Morgan fingerprint density at radius 2 is 1.50 bits per heavy atom. The zero-order valence-electron chi connectivity index (χ0n) is 13.0. The van der Waals surface area contributed by atoms with E-state index in [-0.39, 0.29) is 5.82 Å². The number of hydrogen-bond donors (Lipinski definition) is 1. The lowest BCUT2D eigenvalue weighted by atomic mass is 10.1. The lowest BCUT2D eigenvalue weighted by Crippen LogP contribution is -2.18. The third kappa shape index (κ3) is 8.31. The summed E-state index contributed by atoms with van der Waals surface area (Å²) >= 11 is 0. The van der Waals surface area contributed by atoms with Gasteiger partial charge in [0.25, 0.3) is 0 Å². The molecule has 0 bridgehead atoms. The predicted molar refractivity (Wildman–Crippen MR) is 85.6 cm³/mol. The van der Waals surface area contributed by atoms with Crippen LogP contribution in [-0.4, -0.2) is 13.1 Å². The monoisotopic (exact) mass is 279 g/mol. The third-order valence-electron chi connectivity index (χ3n) is 3.74. The molecule has 114 valence electrons. The normalized spacial score (nSPS) is 10.9. The Bertz CT molecular complexity index is 338. The Balaban J connectivity index is 1.87. The zero-order chi connectivity index (χ0) is 14.5. The minimum atomic E-state index is -0.0821. The van der Waals surface area contributed by atoms with E-state index in [4.69, 9.17) is 0 Å². The van der Waals surface area contributed by atoms with Gasteiger partial charge < -0.3 is 5.32 Å². The van der Waals surface area contributed by atoms with Crippen molar-refractivity contribution in [2.45, 2.75) is 64.7 Å². The summed E-state index contributed by atoms with van der Waals surface area (Å²) in [6, 6.07) is 7.05. The molecule has 20 heavy (non-hydrogen) atoms. The van der Waals surface area contributed by atoms with Crippen LogP contribution in [0.3, 0.4) is 0 Å². The summed E-state index contributed by atoms with van der Waals surface area (Å²) in [5.74, 6) is -0.0821. The summed E-state index contributed by atoms with van der Waals surface area (Å²) < 4.78 is 13.4. The van der Waals surface area contributed by atoms with Crippen LogP contribution in [0.4, 0.5) is 4.39 Å². The molecule has 1 nitrogen and oxygen atoms in total. The van der Waals surface area contributed by atoms with Gasteiger partial charge >= 0.3 is 0 Å². The minimum absolute atomic E-state index is 0.0821. The van der Waals surface area contributed by atoms with Crippen LogP contribution in [0.5, 0.6) is 0 Å². The molecule has 0 saturated carbocycles. The van der Waals surface area contributed by atoms with E-state index in [0.717, 1.165) is 25.1 Å². The fourth-order valence-corrected chi connectivity index (χ4v) is 2.43. The molecular weight excluding hydrogens is 249 g/mol. The van der Waals surface area contributed by atoms with E-state index in [1.54, 1.807) is 6.07 Å². The number of unbranched alkanes of at least 4 members (excludes halogenated alkanes) is 7. The van der Waals surface area contributed by atoms with Crippen LogP contribution < -0.4 is 5.32 Å². The van der Waals surface area contributed by atoms with Crippen molar-refractivity contribution in [3.63, 3.8) is 0 Å². The molecule has 0 heterocycles. The van der Waals surface area contributed by atoms with E-state index in [1.165, 1.54) is 57.4 Å². The maximum atomic E-state index is 13.4. The highest BCUT2D eigenvalue weighted by atomic mass is 19.1. The molecule has 0 aliphatic heterocycles. The number of halogens is 1. The van der Waals surface area contributed by atoms with E-state index >= 15 is 0 Å². The maximum Gasteiger partial charge on any atom is 0.126 e. The second-order valence-corrected chi connectivity index (χ2v) is 5.57. The second-order valence-electron chi connectivity index (χ2n) is 5.57. The summed E-state index contributed by atoms with van der Waals surface area (Å²) in [7, 11) is 0. The van der Waals surface area contributed by atoms with Crippen LogP contribution in [0, 0.1) is 5.82 Å². The van der Waals surface area contributed by atoms with Crippen molar-refractivity contribution < 1.29 is 4.39 Å². The van der Waals surface area contributed by atoms with Crippen molar-refractivity contribution in [1.82, 2.24) is 5.32 Å². The Hall–Kier alpha value is -0.890. The summed E-state index contributed by atoms with van der Waals surface area (Å²) in [4.78, 5) is 0. The molecule has 0 atom stereocenters. The first-order valence-corrected chi connectivity index (χ1v) is 8.28. The van der Waals surface area contributed by atoms with Crippen LogP contribution in [0.2, 0.25) is 0 Å². The number of nitrogens with one attached hydrogen (secondary N) is 1. The van der Waals surface area contributed by atoms with Gasteiger partial charge in [-0.15, -0.1) is 0 Å². The molecule has 1 aromatic rings. The maximum absolute atomic E-state index is 13.4. The molecule has 1 N–H and O–H groups in total.